The van der Waals surface area contributed by atoms with Crippen molar-refractivity contribution in [2.24, 2.45) is 0 Å². The molecule has 1 fully saturated rings. The Morgan fingerprint density at radius 1 is 1.17 bits per heavy atom. The van der Waals surface area contributed by atoms with Gasteiger partial charge in [0.25, 0.3) is 5.91 Å². The van der Waals surface area contributed by atoms with Crippen molar-refractivity contribution in [3.05, 3.63) is 65.4 Å². The maximum atomic E-state index is 14.3. The number of pyridine rings is 1. The third-order valence-corrected chi connectivity index (χ3v) is 5.22. The van der Waals surface area contributed by atoms with E-state index in [4.69, 9.17) is 4.74 Å². The van der Waals surface area contributed by atoms with Gasteiger partial charge in [0.2, 0.25) is 0 Å². The molecular formula is C22H22F3N3O2. The molecule has 0 radical (unpaired) electrons. The number of halogens is 3. The summed E-state index contributed by atoms with van der Waals surface area (Å²) in [5.74, 6) is -2.03. The fraction of sp³-hybridized carbons (Fsp3) is 0.364. The van der Waals surface area contributed by atoms with Crippen LogP contribution in [0.1, 0.15) is 49.7 Å². The summed E-state index contributed by atoms with van der Waals surface area (Å²) in [6.45, 7) is 5.23. The summed E-state index contributed by atoms with van der Waals surface area (Å²) in [5.41, 5.74) is -0.312. The maximum Gasteiger partial charge on any atom is 0.270 e. The summed E-state index contributed by atoms with van der Waals surface area (Å²) in [4.78, 5) is 16.4. The van der Waals surface area contributed by atoms with Crippen LogP contribution in [0, 0.1) is 17.5 Å². The molecule has 2 aromatic heterocycles. The third-order valence-electron chi connectivity index (χ3n) is 5.22. The second-order valence-corrected chi connectivity index (χ2v) is 8.59. The van der Waals surface area contributed by atoms with Crippen LogP contribution in [0.2, 0.25) is 0 Å². The zero-order chi connectivity index (χ0) is 21.6. The molecule has 0 spiro atoms. The number of carbonyl (C=O) groups is 1. The van der Waals surface area contributed by atoms with Gasteiger partial charge < -0.3 is 10.1 Å². The molecule has 0 bridgehead atoms. The summed E-state index contributed by atoms with van der Waals surface area (Å²) in [7, 11) is 0. The van der Waals surface area contributed by atoms with Crippen molar-refractivity contribution in [3.8, 4) is 5.75 Å². The summed E-state index contributed by atoms with van der Waals surface area (Å²) in [6, 6.07) is 5.02. The number of nitrogens with zero attached hydrogens (tertiary/aromatic N) is 2. The first-order chi connectivity index (χ1) is 14.1. The van der Waals surface area contributed by atoms with E-state index in [0.717, 1.165) is 0 Å². The Hall–Kier alpha value is -3.03. The average Bonchev–Trinajstić information content (AvgIpc) is 3.03. The van der Waals surface area contributed by atoms with Crippen LogP contribution in [0.3, 0.4) is 0 Å². The van der Waals surface area contributed by atoms with Gasteiger partial charge in [-0.3, -0.25) is 9.20 Å². The molecule has 4 rings (SSSR count). The van der Waals surface area contributed by atoms with E-state index in [2.05, 4.69) is 10.3 Å². The standard InChI is InChI=1S/C22H22F3N3O2/c1-22(2,3)19-16(24)9-14(10-17(19)25)30-13-7-12(8-13)27-21(29)18-11-26-20-15(23)5-4-6-28(18)20/h4-6,9-13H,7-8H2,1-3H3,(H,27,29). The van der Waals surface area contributed by atoms with Crippen molar-refractivity contribution < 1.29 is 22.7 Å². The van der Waals surface area contributed by atoms with Crippen molar-refractivity contribution in [2.75, 3.05) is 0 Å². The molecule has 30 heavy (non-hydrogen) atoms. The van der Waals surface area contributed by atoms with Crippen LogP contribution in [0.15, 0.2) is 36.7 Å². The normalized spacial score (nSPS) is 18.9. The number of amides is 1. The molecule has 0 aliphatic heterocycles. The van der Waals surface area contributed by atoms with E-state index < -0.39 is 22.9 Å². The fourth-order valence-corrected chi connectivity index (χ4v) is 3.71. The zero-order valence-electron chi connectivity index (χ0n) is 16.9. The van der Waals surface area contributed by atoms with Crippen LogP contribution in [-0.4, -0.2) is 27.4 Å². The average molecular weight is 417 g/mol. The first-order valence-electron chi connectivity index (χ1n) is 9.72. The predicted octanol–water partition coefficient (Wildman–Crippen LogP) is 4.39. The molecule has 3 aromatic rings. The number of nitrogens with one attached hydrogen (secondary N) is 1. The highest BCUT2D eigenvalue weighted by molar-refractivity contribution is 5.93. The Labute approximate surface area is 171 Å². The van der Waals surface area contributed by atoms with Crippen LogP contribution in [0.4, 0.5) is 13.2 Å². The van der Waals surface area contributed by atoms with Crippen molar-refractivity contribution in [1.82, 2.24) is 14.7 Å². The van der Waals surface area contributed by atoms with E-state index in [1.807, 2.05) is 0 Å². The maximum absolute atomic E-state index is 14.3. The lowest BCUT2D eigenvalue weighted by atomic mass is 9.86. The first-order valence-corrected chi connectivity index (χ1v) is 9.72. The Balaban J connectivity index is 1.36. The second-order valence-electron chi connectivity index (χ2n) is 8.59. The second kappa shape index (κ2) is 7.34. The Bertz CT molecular complexity index is 1090. The molecule has 1 N–H and O–H groups in total. The highest BCUT2D eigenvalue weighted by atomic mass is 19.1. The van der Waals surface area contributed by atoms with Gasteiger partial charge in [-0.2, -0.15) is 0 Å². The lowest BCUT2D eigenvalue weighted by Gasteiger charge is -2.36. The summed E-state index contributed by atoms with van der Waals surface area (Å²) >= 11 is 0. The van der Waals surface area contributed by atoms with Crippen LogP contribution in [-0.2, 0) is 5.41 Å². The molecule has 5 nitrogen and oxygen atoms in total. The van der Waals surface area contributed by atoms with Gasteiger partial charge in [0.1, 0.15) is 29.2 Å². The van der Waals surface area contributed by atoms with Crippen LogP contribution >= 0.6 is 0 Å². The number of aromatic nitrogens is 2. The highest BCUT2D eigenvalue weighted by Crippen LogP contribution is 2.33. The first kappa shape index (κ1) is 20.3. The third kappa shape index (κ3) is 3.74. The van der Waals surface area contributed by atoms with Gasteiger partial charge in [-0.1, -0.05) is 20.8 Å². The molecule has 1 saturated carbocycles. The largest absolute Gasteiger partial charge is 0.490 e. The number of hydrogen-bond acceptors (Lipinski definition) is 3. The minimum atomic E-state index is -0.653. The number of benzene rings is 1. The number of hydrogen-bond donors (Lipinski definition) is 1. The lowest BCUT2D eigenvalue weighted by Crippen LogP contribution is -2.49. The minimum absolute atomic E-state index is 0.0260. The molecule has 0 atom stereocenters. The van der Waals surface area contributed by atoms with E-state index in [0.29, 0.717) is 12.8 Å². The monoisotopic (exact) mass is 417 g/mol. The molecule has 0 unspecified atom stereocenters. The van der Waals surface area contributed by atoms with Crippen molar-refractivity contribution in [3.63, 3.8) is 0 Å². The molecule has 1 aliphatic rings. The van der Waals surface area contributed by atoms with Crippen LogP contribution < -0.4 is 10.1 Å². The van der Waals surface area contributed by atoms with E-state index in [9.17, 15) is 18.0 Å². The Kier molecular flexibility index (Phi) is 4.95. The van der Waals surface area contributed by atoms with Gasteiger partial charge >= 0.3 is 0 Å². The SMILES string of the molecule is CC(C)(C)c1c(F)cc(OC2CC(NC(=O)c3cnc4c(F)cccn34)C2)cc1F. The van der Waals surface area contributed by atoms with Gasteiger partial charge in [-0.05, 0) is 17.5 Å². The number of rotatable bonds is 4. The zero-order valence-corrected chi connectivity index (χ0v) is 16.9. The van der Waals surface area contributed by atoms with Crippen LogP contribution in [0.5, 0.6) is 5.75 Å². The lowest BCUT2D eigenvalue weighted by molar-refractivity contribution is 0.0694. The molecule has 0 saturated heterocycles. The smallest absolute Gasteiger partial charge is 0.270 e. The van der Waals surface area contributed by atoms with Gasteiger partial charge in [-0.15, -0.1) is 0 Å². The summed E-state index contributed by atoms with van der Waals surface area (Å²) < 4.78 is 49.4. The minimum Gasteiger partial charge on any atom is -0.490 e. The molecule has 158 valence electrons. The molecule has 8 heteroatoms. The topological polar surface area (TPSA) is 55.6 Å². The molecular weight excluding hydrogens is 395 g/mol. The van der Waals surface area contributed by atoms with Crippen molar-refractivity contribution in [2.45, 2.75) is 51.2 Å². The van der Waals surface area contributed by atoms with Crippen molar-refractivity contribution in [1.29, 1.82) is 0 Å². The molecule has 1 amide bonds. The van der Waals surface area contributed by atoms with Gasteiger partial charge in [-0.25, -0.2) is 18.2 Å². The van der Waals surface area contributed by atoms with E-state index in [1.54, 1.807) is 27.0 Å². The number of fused-ring (bicyclic) bond motifs is 1. The summed E-state index contributed by atoms with van der Waals surface area (Å²) in [5, 5.41) is 2.85. The van der Waals surface area contributed by atoms with Gasteiger partial charge in [0, 0.05) is 42.8 Å². The van der Waals surface area contributed by atoms with Gasteiger partial charge in [0.05, 0.1) is 6.20 Å². The quantitative estimate of drug-likeness (QED) is 0.685. The fourth-order valence-electron chi connectivity index (χ4n) is 3.71. The van der Waals surface area contributed by atoms with E-state index >= 15 is 0 Å². The Morgan fingerprint density at radius 3 is 2.47 bits per heavy atom. The Morgan fingerprint density at radius 2 is 1.83 bits per heavy atom. The van der Waals surface area contributed by atoms with E-state index in [1.165, 1.54) is 34.9 Å². The predicted molar refractivity (Wildman–Crippen MR) is 105 cm³/mol. The number of imidazole rings is 1. The number of ether oxygens (including phenoxy) is 1. The molecule has 1 aromatic carbocycles. The molecule has 2 heterocycles. The molecule has 1 aliphatic carbocycles. The van der Waals surface area contributed by atoms with Crippen molar-refractivity contribution >= 4 is 11.6 Å². The van der Waals surface area contributed by atoms with Gasteiger partial charge in [0.15, 0.2) is 11.5 Å². The number of carbonyl (C=O) groups excluding carboxylic acids is 1. The highest BCUT2D eigenvalue weighted by Gasteiger charge is 2.33. The van der Waals surface area contributed by atoms with E-state index in [-0.39, 0.29) is 40.7 Å². The summed E-state index contributed by atoms with van der Waals surface area (Å²) in [6.07, 6.45) is 3.64. The van der Waals surface area contributed by atoms with Crippen LogP contribution in [0.25, 0.3) is 5.65 Å².